The molecular weight excluding hydrogens is 1140 g/mol. The molecule has 0 rings (SSSR count). The summed E-state index contributed by atoms with van der Waals surface area (Å²) in [6.45, 7) is 4.39. The monoisotopic (exact) mass is 1190 g/mol. The molecule has 0 saturated carbocycles. The third kappa shape index (κ3) is 22.0. The van der Waals surface area contributed by atoms with Crippen LogP contribution in [0.4, 0.5) is 0 Å². The predicted molar refractivity (Wildman–Crippen MR) is 313 cm³/mol. The average Bonchev–Trinajstić information content (AvgIpc) is 1.99. The van der Waals surface area contributed by atoms with E-state index in [4.69, 9.17) is 4.74 Å². The smallest absolute Gasteiger partial charge is 0.322 e. The van der Waals surface area contributed by atoms with Gasteiger partial charge >= 0.3 is 5.97 Å². The number of hydrogen-bond acceptors (Lipinski definition) is 22. The molecule has 0 heterocycles. The van der Waals surface area contributed by atoms with Crippen molar-refractivity contribution in [3.05, 3.63) is 221 Å². The Morgan fingerprint density at radius 1 is 0.273 bits per heavy atom. The van der Waals surface area contributed by atoms with E-state index in [1.54, 1.807) is 6.92 Å². The molecule has 0 spiro atoms. The Hall–Kier alpha value is -12.5. The molecule has 0 aromatic carbocycles. The van der Waals surface area contributed by atoms with E-state index in [-0.39, 0.29) is 137 Å². The third-order valence-electron chi connectivity index (χ3n) is 11.5. The molecule has 0 aromatic heterocycles. The molecule has 0 aliphatic heterocycles. The van der Waals surface area contributed by atoms with Crippen LogP contribution in [0.2, 0.25) is 0 Å². The Labute approximate surface area is 501 Å². The number of carbonyl (C=O) groups excluding carboxylic acids is 21. The number of allylic oxidation sites excluding steroid dienone is 38. The Balaban J connectivity index is 9.69. The third-order valence-corrected chi connectivity index (χ3v) is 11.5. The first-order valence-electron chi connectivity index (χ1n) is 24.8. The molecule has 0 saturated heterocycles. The normalized spacial score (nSPS) is 14.9. The molecule has 1 atom stereocenters. The molecule has 0 N–H and O–H groups in total. The van der Waals surface area contributed by atoms with Crippen LogP contribution in [0.15, 0.2) is 221 Å². The lowest BCUT2D eigenvalue weighted by Gasteiger charge is -2.26. The van der Waals surface area contributed by atoms with Crippen molar-refractivity contribution in [2.24, 2.45) is 5.92 Å². The van der Waals surface area contributed by atoms with Crippen LogP contribution in [-0.4, -0.2) is 131 Å². The van der Waals surface area contributed by atoms with Crippen LogP contribution in [0.5, 0.6) is 0 Å². The van der Waals surface area contributed by atoms with E-state index in [1.165, 1.54) is 13.8 Å². The zero-order valence-corrected chi connectivity index (χ0v) is 46.7. The maximum atomic E-state index is 13.7. The highest BCUT2D eigenvalue weighted by Gasteiger charge is 2.31. The van der Waals surface area contributed by atoms with Gasteiger partial charge in [0.1, 0.15) is 126 Å². The number of hydrogen-bond donors (Lipinski definition) is 0. The molecule has 0 aliphatic carbocycles. The molecular formula is C66H50O22. The molecule has 0 fully saturated rings. The van der Waals surface area contributed by atoms with E-state index in [9.17, 15) is 101 Å². The predicted octanol–water partition coefficient (Wildman–Crippen LogP) is 3.51. The van der Waals surface area contributed by atoms with Gasteiger partial charge in [0.05, 0.1) is 5.92 Å². The SMILES string of the molecule is CCC(C)C(=O)OC#CC(=O)C(=C/C=O)/C(=C/C=O)C(=C/C=O)/C(=C/C=O)C(=C\C=O)/C(=C\C=O)C(=C\C=O)/C(=C/C=O)C(=C\C=O)/C(=C/C=O)C(=C\C=O)/C(=C/C=O)C(=C\C=O)/C(=C/C=O)C(=C\C=O)/C(=C/C=O)C(=C/C=O)/C(=C/C=O)C(/C)=C/C=O. The standard InChI is InChI=1S/C66H50O22/c1-4-45(2)66(87)88-44-24-65(86)64(23-43-85)63(22-42-84)62(21-41-83)61(20-40-82)60(19-39-81)59(18-38-80)58(17-37-79)57(16-36-78)56(15-35-77)55(14-34-76)54(13-33-75)53(12-32-74)52(11-31-73)51(10-30-72)50(9-29-71)49(8-28-70)48(7-27-69)47(6-26-68)46(3)5-25-67/h5-23,25-43,45H,4H2,1-3H3/b46-5+,47-6+,48-7+,49-8+,50-9-,51-10+,52-11-,53-12+,54-13-,55-14+,56-15-,57-16+,58-17-,59-18-,60-19-,61-20+,62-21+,63-22+,64-23+. The summed E-state index contributed by atoms with van der Waals surface area (Å²) >= 11 is 0. The summed E-state index contributed by atoms with van der Waals surface area (Å²) in [6.07, 6.45) is 14.9. The molecule has 446 valence electrons. The van der Waals surface area contributed by atoms with Crippen LogP contribution in [0.3, 0.4) is 0 Å². The van der Waals surface area contributed by atoms with Gasteiger partial charge in [-0.05, 0) is 229 Å². The van der Waals surface area contributed by atoms with E-state index in [2.05, 4.69) is 0 Å². The fourth-order valence-corrected chi connectivity index (χ4v) is 7.79. The number of ketones is 1. The molecule has 0 amide bonds. The highest BCUT2D eigenvalue weighted by molar-refractivity contribution is 6.15. The van der Waals surface area contributed by atoms with Crippen molar-refractivity contribution in [1.82, 2.24) is 0 Å². The summed E-state index contributed by atoms with van der Waals surface area (Å²) in [7, 11) is 0. The van der Waals surface area contributed by atoms with Gasteiger partial charge < -0.3 is 4.74 Å². The van der Waals surface area contributed by atoms with Gasteiger partial charge in [-0.15, -0.1) is 0 Å². The fourth-order valence-electron chi connectivity index (χ4n) is 7.79. The van der Waals surface area contributed by atoms with Gasteiger partial charge in [0.25, 0.3) is 0 Å². The lowest BCUT2D eigenvalue weighted by Crippen LogP contribution is -2.14. The maximum Gasteiger partial charge on any atom is 0.322 e. The Morgan fingerprint density at radius 2 is 0.432 bits per heavy atom. The molecule has 88 heavy (non-hydrogen) atoms. The summed E-state index contributed by atoms with van der Waals surface area (Å²) < 4.78 is 4.80. The summed E-state index contributed by atoms with van der Waals surface area (Å²) in [5, 5.41) is 0. The van der Waals surface area contributed by atoms with Gasteiger partial charge in [0, 0.05) is 11.5 Å². The van der Waals surface area contributed by atoms with Crippen molar-refractivity contribution in [3.63, 3.8) is 0 Å². The Bertz CT molecular complexity index is 3600. The molecule has 22 nitrogen and oxygen atoms in total. The van der Waals surface area contributed by atoms with Gasteiger partial charge in [-0.2, -0.15) is 0 Å². The maximum absolute atomic E-state index is 13.7. The van der Waals surface area contributed by atoms with Gasteiger partial charge in [-0.3, -0.25) is 101 Å². The second-order valence-electron chi connectivity index (χ2n) is 16.2. The van der Waals surface area contributed by atoms with E-state index in [1.807, 2.05) is 12.0 Å². The first kappa shape index (κ1) is 75.5. The van der Waals surface area contributed by atoms with E-state index in [0.717, 1.165) is 18.2 Å². The first-order valence-corrected chi connectivity index (χ1v) is 24.8. The van der Waals surface area contributed by atoms with Gasteiger partial charge in [-0.1, -0.05) is 13.8 Å². The first-order chi connectivity index (χ1) is 42.6. The zero-order valence-electron chi connectivity index (χ0n) is 46.7. The Morgan fingerprint density at radius 3 is 0.614 bits per heavy atom. The molecule has 0 aromatic rings. The second-order valence-corrected chi connectivity index (χ2v) is 16.2. The minimum atomic E-state index is -1.38. The summed E-state index contributed by atoms with van der Waals surface area (Å²) in [4.78, 5) is 265. The highest BCUT2D eigenvalue weighted by Crippen LogP contribution is 2.44. The molecule has 0 aliphatic rings. The highest BCUT2D eigenvalue weighted by atomic mass is 16.5. The lowest BCUT2D eigenvalue weighted by molar-refractivity contribution is -0.141. The van der Waals surface area contributed by atoms with Crippen LogP contribution >= 0.6 is 0 Å². The topological polar surface area (TPSA) is 368 Å². The number of Topliss-reactive ketones (excluding diaryl/α,β-unsaturated/α-hetero) is 1. The second kappa shape index (κ2) is 44.1. The largest absolute Gasteiger partial charge is 0.371 e. The molecule has 22 heteroatoms. The van der Waals surface area contributed by atoms with Crippen LogP contribution in [0.25, 0.3) is 0 Å². The van der Waals surface area contributed by atoms with E-state index >= 15 is 0 Å². The molecule has 0 radical (unpaired) electrons. The minimum Gasteiger partial charge on any atom is -0.371 e. The quantitative estimate of drug-likeness (QED) is 0.0278. The van der Waals surface area contributed by atoms with Crippen molar-refractivity contribution in [2.45, 2.75) is 27.2 Å². The van der Waals surface area contributed by atoms with Gasteiger partial charge in [-0.25, -0.2) is 0 Å². The van der Waals surface area contributed by atoms with Gasteiger partial charge in [0.15, 0.2) is 0 Å². The van der Waals surface area contributed by atoms with Crippen LogP contribution < -0.4 is 0 Å². The molecule has 1 unspecified atom stereocenters. The van der Waals surface area contributed by atoms with Crippen molar-refractivity contribution < 1.29 is 105 Å². The zero-order chi connectivity index (χ0) is 66.4. The lowest BCUT2D eigenvalue weighted by atomic mass is 9.75. The summed E-state index contributed by atoms with van der Waals surface area (Å²) in [5.41, 5.74) is -12.4. The minimum absolute atomic E-state index is 0.00380. The van der Waals surface area contributed by atoms with Crippen molar-refractivity contribution >= 4 is 131 Å². The number of aldehydes is 19. The van der Waals surface area contributed by atoms with Crippen LogP contribution in [-0.2, 0) is 105 Å². The van der Waals surface area contributed by atoms with E-state index < -0.39 is 112 Å². The number of rotatable bonds is 40. The van der Waals surface area contributed by atoms with Gasteiger partial charge in [0.2, 0.25) is 5.78 Å². The number of carbonyl (C=O) groups is 21. The number of esters is 1. The summed E-state index contributed by atoms with van der Waals surface area (Å²) in [6, 6.07) is 0. The van der Waals surface area contributed by atoms with Crippen LogP contribution in [0, 0.1) is 17.9 Å². The summed E-state index contributed by atoms with van der Waals surface area (Å²) in [5.74, 6) is -1.02. The van der Waals surface area contributed by atoms with Crippen LogP contribution in [0.1, 0.15) is 27.2 Å². The average molecular weight is 1200 g/mol. The fraction of sp³-hybridized carbons (Fsp3) is 0.0758. The van der Waals surface area contributed by atoms with Crippen molar-refractivity contribution in [1.29, 1.82) is 0 Å². The van der Waals surface area contributed by atoms with E-state index in [0.29, 0.717) is 97.2 Å². The van der Waals surface area contributed by atoms with Crippen molar-refractivity contribution in [2.75, 3.05) is 0 Å². The Kier molecular flexibility index (Phi) is 37.8. The molecule has 0 bridgehead atoms. The van der Waals surface area contributed by atoms with Crippen molar-refractivity contribution in [3.8, 4) is 12.0 Å². The number of ether oxygens (including phenoxy) is 1.